The number of carbonyl (C=O) groups is 3. The third-order valence-corrected chi connectivity index (χ3v) is 10.2. The molecule has 0 bridgehead atoms. The Kier molecular flexibility index (Phi) is 8.27. The summed E-state index contributed by atoms with van der Waals surface area (Å²) in [6.07, 6.45) is 9.35. The van der Waals surface area contributed by atoms with E-state index in [1.165, 1.54) is 0 Å². The zero-order chi connectivity index (χ0) is 29.4. The molecule has 0 radical (unpaired) electrons. The van der Waals surface area contributed by atoms with Crippen molar-refractivity contribution in [1.82, 2.24) is 24.9 Å². The van der Waals surface area contributed by atoms with Gasteiger partial charge in [-0.3, -0.25) is 19.1 Å². The Morgan fingerprint density at radius 1 is 1.20 bits per heavy atom. The average molecular weight is 589 g/mol. The fourth-order valence-corrected chi connectivity index (χ4v) is 7.16. The monoisotopic (exact) mass is 588 g/mol. The van der Waals surface area contributed by atoms with Crippen LogP contribution in [0.1, 0.15) is 65.2 Å². The first-order valence-corrected chi connectivity index (χ1v) is 16.1. The SMILES string of the molecule is CC(C)Nc1nccc(O[C@@H]2C[C@H]3C(=O)N[C@]4(C(=O)NS(=O)(=O)C5CC5)C[C@@H]4/C=C\CCCCN(C)C(=O)[C@@H]3C2)n1. The second-order valence-corrected chi connectivity index (χ2v) is 14.0. The Morgan fingerprint density at radius 2 is 1.95 bits per heavy atom. The summed E-state index contributed by atoms with van der Waals surface area (Å²) >= 11 is 0. The van der Waals surface area contributed by atoms with Gasteiger partial charge in [-0.1, -0.05) is 12.2 Å². The second kappa shape index (κ2) is 11.6. The predicted molar refractivity (Wildman–Crippen MR) is 151 cm³/mol. The molecule has 12 nitrogen and oxygen atoms in total. The number of anilines is 1. The lowest BCUT2D eigenvalue weighted by molar-refractivity contribution is -0.140. The van der Waals surface area contributed by atoms with Gasteiger partial charge in [0.1, 0.15) is 11.6 Å². The van der Waals surface area contributed by atoms with Crippen LogP contribution in [0, 0.1) is 17.8 Å². The summed E-state index contributed by atoms with van der Waals surface area (Å²) in [6.45, 7) is 4.52. The van der Waals surface area contributed by atoms with Gasteiger partial charge in [-0.05, 0) is 65.2 Å². The zero-order valence-electron chi connectivity index (χ0n) is 23.8. The van der Waals surface area contributed by atoms with Crippen molar-refractivity contribution in [2.45, 2.75) is 88.1 Å². The Bertz CT molecular complexity index is 1310. The molecule has 1 aromatic rings. The van der Waals surface area contributed by atoms with E-state index in [0.29, 0.717) is 44.1 Å². The number of allylic oxidation sites excluding steroid dienone is 1. The van der Waals surface area contributed by atoms with E-state index in [1.807, 2.05) is 26.0 Å². The first kappa shape index (κ1) is 29.3. The highest BCUT2D eigenvalue weighted by Crippen LogP contribution is 2.47. The Labute approximate surface area is 241 Å². The normalized spacial score (nSPS) is 31.4. The maximum absolute atomic E-state index is 13.8. The van der Waals surface area contributed by atoms with E-state index in [9.17, 15) is 22.8 Å². The number of hydrogen-bond acceptors (Lipinski definition) is 9. The molecule has 0 spiro atoms. The molecule has 1 aliphatic heterocycles. The molecule has 0 saturated heterocycles. The van der Waals surface area contributed by atoms with Crippen LogP contribution in [0.3, 0.4) is 0 Å². The third kappa shape index (κ3) is 6.65. The number of nitrogens with zero attached hydrogens (tertiary/aromatic N) is 3. The van der Waals surface area contributed by atoms with E-state index in [0.717, 1.165) is 19.3 Å². The fourth-order valence-electron chi connectivity index (χ4n) is 5.80. The molecule has 3 aliphatic carbocycles. The minimum atomic E-state index is -3.79. The number of fused-ring (bicyclic) bond motifs is 2. The highest BCUT2D eigenvalue weighted by Gasteiger charge is 2.62. The van der Waals surface area contributed by atoms with Gasteiger partial charge in [0.15, 0.2) is 0 Å². The molecular formula is C28H40N6O6S. The number of rotatable bonds is 7. The molecule has 5 atom stereocenters. The molecule has 0 unspecified atom stereocenters. The number of nitrogens with one attached hydrogen (secondary N) is 3. The smallest absolute Gasteiger partial charge is 0.259 e. The van der Waals surface area contributed by atoms with Crippen molar-refractivity contribution in [1.29, 1.82) is 0 Å². The van der Waals surface area contributed by atoms with Crippen molar-refractivity contribution >= 4 is 33.7 Å². The largest absolute Gasteiger partial charge is 0.474 e. The molecule has 3 saturated carbocycles. The van der Waals surface area contributed by atoms with E-state index >= 15 is 0 Å². The maximum Gasteiger partial charge on any atom is 0.259 e. The maximum atomic E-state index is 13.8. The molecule has 41 heavy (non-hydrogen) atoms. The number of sulfonamides is 1. The summed E-state index contributed by atoms with van der Waals surface area (Å²) in [5.74, 6) is -2.25. The lowest BCUT2D eigenvalue weighted by atomic mass is 9.93. The molecule has 13 heteroatoms. The van der Waals surface area contributed by atoms with Gasteiger partial charge in [0.2, 0.25) is 33.7 Å². The van der Waals surface area contributed by atoms with Gasteiger partial charge in [0, 0.05) is 37.8 Å². The van der Waals surface area contributed by atoms with Gasteiger partial charge >= 0.3 is 0 Å². The number of aromatic nitrogens is 2. The summed E-state index contributed by atoms with van der Waals surface area (Å²) in [7, 11) is -2.04. The lowest BCUT2D eigenvalue weighted by Gasteiger charge is -2.26. The Morgan fingerprint density at radius 3 is 2.68 bits per heavy atom. The van der Waals surface area contributed by atoms with Crippen LogP contribution in [0.4, 0.5) is 5.95 Å². The highest BCUT2D eigenvalue weighted by molar-refractivity contribution is 7.91. The molecular weight excluding hydrogens is 548 g/mol. The van der Waals surface area contributed by atoms with Crippen LogP contribution in [0.25, 0.3) is 0 Å². The van der Waals surface area contributed by atoms with Crippen LogP contribution in [0.15, 0.2) is 24.4 Å². The summed E-state index contributed by atoms with van der Waals surface area (Å²) in [5.41, 5.74) is -1.36. The van der Waals surface area contributed by atoms with Gasteiger partial charge in [0.05, 0.1) is 17.1 Å². The molecule has 4 aliphatic rings. The van der Waals surface area contributed by atoms with Crippen LogP contribution >= 0.6 is 0 Å². The fraction of sp³-hybridized carbons (Fsp3) is 0.679. The van der Waals surface area contributed by atoms with E-state index in [1.54, 1.807) is 24.2 Å². The van der Waals surface area contributed by atoms with Crippen molar-refractivity contribution in [2.75, 3.05) is 18.9 Å². The first-order valence-electron chi connectivity index (χ1n) is 14.5. The quantitative estimate of drug-likeness (QED) is 0.403. The van der Waals surface area contributed by atoms with E-state index in [2.05, 4.69) is 25.3 Å². The first-order chi connectivity index (χ1) is 19.5. The molecule has 0 aromatic carbocycles. The number of amides is 3. The molecule has 1 aromatic heterocycles. The third-order valence-electron chi connectivity index (χ3n) is 8.33. The summed E-state index contributed by atoms with van der Waals surface area (Å²) in [4.78, 5) is 51.0. The van der Waals surface area contributed by atoms with Crippen LogP contribution in [-0.2, 0) is 24.4 Å². The molecule has 3 amide bonds. The predicted octanol–water partition coefficient (Wildman–Crippen LogP) is 1.75. The van der Waals surface area contributed by atoms with Crippen LogP contribution in [0.2, 0.25) is 0 Å². The highest BCUT2D eigenvalue weighted by atomic mass is 32.2. The van der Waals surface area contributed by atoms with Gasteiger partial charge in [-0.25, -0.2) is 13.4 Å². The minimum Gasteiger partial charge on any atom is -0.474 e. The van der Waals surface area contributed by atoms with Crippen molar-refractivity contribution in [3.8, 4) is 5.88 Å². The topological polar surface area (TPSA) is 160 Å². The summed E-state index contributed by atoms with van der Waals surface area (Å²) in [6, 6.07) is 1.77. The van der Waals surface area contributed by atoms with Crippen molar-refractivity contribution in [2.24, 2.45) is 17.8 Å². The molecule has 3 N–H and O–H groups in total. The molecule has 5 rings (SSSR count). The van der Waals surface area contributed by atoms with Crippen LogP contribution in [0.5, 0.6) is 5.88 Å². The zero-order valence-corrected chi connectivity index (χ0v) is 24.7. The van der Waals surface area contributed by atoms with E-state index < -0.39 is 50.6 Å². The van der Waals surface area contributed by atoms with Gasteiger partial charge in [0.25, 0.3) is 5.91 Å². The molecule has 3 fully saturated rings. The number of carbonyl (C=O) groups excluding carboxylic acids is 3. The van der Waals surface area contributed by atoms with Gasteiger partial charge < -0.3 is 20.3 Å². The second-order valence-electron chi connectivity index (χ2n) is 12.1. The van der Waals surface area contributed by atoms with E-state index in [4.69, 9.17) is 4.74 Å². The van der Waals surface area contributed by atoms with Crippen molar-refractivity contribution in [3.63, 3.8) is 0 Å². The van der Waals surface area contributed by atoms with Gasteiger partial charge in [-0.2, -0.15) is 4.98 Å². The van der Waals surface area contributed by atoms with E-state index in [-0.39, 0.29) is 24.3 Å². The van der Waals surface area contributed by atoms with Gasteiger partial charge in [-0.15, -0.1) is 0 Å². The molecule has 2 heterocycles. The Balaban J connectivity index is 1.37. The molecule has 224 valence electrons. The van der Waals surface area contributed by atoms with Crippen LogP contribution < -0.4 is 20.1 Å². The van der Waals surface area contributed by atoms with Crippen molar-refractivity contribution < 1.29 is 27.5 Å². The number of ether oxygens (including phenoxy) is 1. The minimum absolute atomic E-state index is 0.128. The Hall–Kier alpha value is -3.22. The standard InChI is InChI=1S/C28H40N6O6S/c1-17(2)30-27-29-12-11-23(31-27)40-19-14-21-22(15-19)25(36)34(3)13-7-5-4-6-8-18-16-28(18,32-24(21)35)26(37)33-41(38,39)20-9-10-20/h6,8,11-12,17-22H,4-5,7,9-10,13-16H2,1-3H3,(H,32,35)(H,33,37)(H,29,30,31)/b8-6-/t18-,19+,21+,22+,28+/m0/s1. The summed E-state index contributed by atoms with van der Waals surface area (Å²) in [5, 5.41) is 5.46. The lowest BCUT2D eigenvalue weighted by Crippen LogP contribution is -2.54. The average Bonchev–Trinajstić information content (AvgIpc) is 3.82. The van der Waals surface area contributed by atoms with Crippen LogP contribution in [-0.4, -0.2) is 77.5 Å². The summed E-state index contributed by atoms with van der Waals surface area (Å²) < 4.78 is 33.5. The van der Waals surface area contributed by atoms with Crippen molar-refractivity contribution in [3.05, 3.63) is 24.4 Å². The number of hydrogen-bond donors (Lipinski definition) is 3.